The summed E-state index contributed by atoms with van der Waals surface area (Å²) in [7, 11) is 1.31. The van der Waals surface area contributed by atoms with Gasteiger partial charge in [0.05, 0.1) is 34.0 Å². The summed E-state index contributed by atoms with van der Waals surface area (Å²) in [6, 6.07) is 11.5. The van der Waals surface area contributed by atoms with Crippen LogP contribution in [0, 0.1) is 0 Å². The molecule has 4 rings (SSSR count). The van der Waals surface area contributed by atoms with E-state index in [0.29, 0.717) is 37.6 Å². The van der Waals surface area contributed by atoms with Gasteiger partial charge in [-0.05, 0) is 30.2 Å². The van der Waals surface area contributed by atoms with E-state index in [9.17, 15) is 14.7 Å². The van der Waals surface area contributed by atoms with Gasteiger partial charge in [-0.2, -0.15) is 0 Å². The Morgan fingerprint density at radius 3 is 2.66 bits per heavy atom. The molecule has 0 bridgehead atoms. The van der Waals surface area contributed by atoms with E-state index in [4.69, 9.17) is 27.9 Å². The first kappa shape index (κ1) is 22.3. The number of fused-ring (bicyclic) bond motifs is 1. The van der Waals surface area contributed by atoms with Crippen molar-refractivity contribution in [3.63, 3.8) is 0 Å². The van der Waals surface area contributed by atoms with Crippen LogP contribution in [-0.2, 0) is 9.53 Å². The molecule has 2 heterocycles. The molecule has 1 aliphatic heterocycles. The Balaban J connectivity index is 2.03. The van der Waals surface area contributed by atoms with Crippen LogP contribution >= 0.6 is 34.5 Å². The first-order valence-corrected chi connectivity index (χ1v) is 11.3. The maximum absolute atomic E-state index is 13.5. The van der Waals surface area contributed by atoms with E-state index >= 15 is 0 Å². The summed E-state index contributed by atoms with van der Waals surface area (Å²) in [5.74, 6) is -0.709. The Kier molecular flexibility index (Phi) is 6.24. The molecule has 2 aromatic carbocycles. The lowest BCUT2D eigenvalue weighted by Crippen LogP contribution is -2.40. The van der Waals surface area contributed by atoms with Gasteiger partial charge in [-0.15, -0.1) is 0 Å². The van der Waals surface area contributed by atoms with E-state index in [-0.39, 0.29) is 16.3 Å². The molecule has 0 unspecified atom stereocenters. The van der Waals surface area contributed by atoms with Gasteiger partial charge in [0.1, 0.15) is 5.75 Å². The number of allylic oxidation sites excluding steroid dienone is 1. The third-order valence-corrected chi connectivity index (χ3v) is 6.60. The number of aromatic nitrogens is 1. The highest BCUT2D eigenvalue weighted by atomic mass is 35.5. The molecule has 1 N–H and O–H groups in total. The molecular formula is C23H18Cl2N2O4S. The molecule has 0 fully saturated rings. The van der Waals surface area contributed by atoms with E-state index < -0.39 is 12.0 Å². The predicted octanol–water partition coefficient (Wildman–Crippen LogP) is 3.81. The van der Waals surface area contributed by atoms with E-state index in [1.807, 2.05) is 37.3 Å². The largest absolute Gasteiger partial charge is 0.506 e. The zero-order chi connectivity index (χ0) is 23.0. The number of carbonyl (C=O) groups is 1. The van der Waals surface area contributed by atoms with Crippen molar-refractivity contribution in [1.82, 2.24) is 4.57 Å². The van der Waals surface area contributed by atoms with Crippen molar-refractivity contribution < 1.29 is 14.6 Å². The van der Waals surface area contributed by atoms with Crippen LogP contribution in [0.4, 0.5) is 0 Å². The fraction of sp³-hybridized carbons (Fsp3) is 0.174. The number of methoxy groups -OCH3 is 1. The topological polar surface area (TPSA) is 80.9 Å². The second kappa shape index (κ2) is 8.94. The Morgan fingerprint density at radius 2 is 2.00 bits per heavy atom. The molecule has 9 heteroatoms. The number of phenols is 1. The Bertz CT molecular complexity index is 1420. The molecular weight excluding hydrogens is 471 g/mol. The minimum Gasteiger partial charge on any atom is -0.506 e. The van der Waals surface area contributed by atoms with Gasteiger partial charge >= 0.3 is 5.97 Å². The lowest BCUT2D eigenvalue weighted by molar-refractivity contribution is -0.136. The molecule has 0 aliphatic carbocycles. The predicted molar refractivity (Wildman–Crippen MR) is 125 cm³/mol. The van der Waals surface area contributed by atoms with Crippen molar-refractivity contribution >= 4 is 46.6 Å². The van der Waals surface area contributed by atoms with Crippen LogP contribution in [0.5, 0.6) is 5.75 Å². The van der Waals surface area contributed by atoms with Crippen molar-refractivity contribution in [2.45, 2.75) is 19.4 Å². The van der Waals surface area contributed by atoms with Crippen LogP contribution in [0.2, 0.25) is 10.0 Å². The minimum atomic E-state index is -0.687. The number of hydrogen-bond acceptors (Lipinski definition) is 6. The molecule has 1 atom stereocenters. The Hall–Kier alpha value is -2.87. The Labute approximate surface area is 197 Å². The van der Waals surface area contributed by atoms with E-state index in [0.717, 1.165) is 16.9 Å². The van der Waals surface area contributed by atoms with Gasteiger partial charge in [0.2, 0.25) is 0 Å². The lowest BCUT2D eigenvalue weighted by atomic mass is 9.95. The van der Waals surface area contributed by atoms with Crippen molar-refractivity contribution in [2.24, 2.45) is 4.99 Å². The first-order valence-electron chi connectivity index (χ1n) is 9.71. The van der Waals surface area contributed by atoms with Crippen LogP contribution in [0.15, 0.2) is 63.5 Å². The van der Waals surface area contributed by atoms with Crippen molar-refractivity contribution in [3.05, 3.63) is 94.6 Å². The van der Waals surface area contributed by atoms with Gasteiger partial charge < -0.3 is 9.84 Å². The normalized spacial score (nSPS) is 16.0. The zero-order valence-corrected chi connectivity index (χ0v) is 19.5. The molecule has 1 aromatic heterocycles. The van der Waals surface area contributed by atoms with Crippen LogP contribution in [0.1, 0.15) is 30.5 Å². The highest BCUT2D eigenvalue weighted by Gasteiger charge is 2.33. The summed E-state index contributed by atoms with van der Waals surface area (Å²) in [5, 5.41) is 10.7. The monoisotopic (exact) mass is 488 g/mol. The second-order valence-corrected chi connectivity index (χ2v) is 8.88. The third-order valence-electron chi connectivity index (χ3n) is 5.11. The van der Waals surface area contributed by atoms with Crippen LogP contribution in [-0.4, -0.2) is 22.8 Å². The van der Waals surface area contributed by atoms with E-state index in [1.165, 1.54) is 29.9 Å². The Morgan fingerprint density at radius 1 is 1.28 bits per heavy atom. The number of phenolic OH excluding ortho intramolecular Hbond substituents is 1. The number of nitrogens with zero attached hydrogens (tertiary/aromatic N) is 2. The van der Waals surface area contributed by atoms with Crippen molar-refractivity contribution in [3.8, 4) is 5.75 Å². The number of rotatable bonds is 4. The smallest absolute Gasteiger partial charge is 0.338 e. The van der Waals surface area contributed by atoms with Gasteiger partial charge in [0, 0.05) is 10.6 Å². The number of carbonyl (C=O) groups excluding carboxylic acids is 1. The van der Waals surface area contributed by atoms with E-state index in [2.05, 4.69) is 4.99 Å². The number of esters is 1. The minimum absolute atomic E-state index is 0.0833. The maximum atomic E-state index is 13.5. The fourth-order valence-corrected chi connectivity index (χ4v) is 5.17. The molecule has 0 saturated carbocycles. The summed E-state index contributed by atoms with van der Waals surface area (Å²) < 4.78 is 6.84. The summed E-state index contributed by atoms with van der Waals surface area (Å²) in [5.41, 5.74) is 1.61. The molecule has 0 spiro atoms. The molecule has 164 valence electrons. The van der Waals surface area contributed by atoms with E-state index in [1.54, 1.807) is 0 Å². The number of benzene rings is 2. The molecule has 3 aromatic rings. The summed E-state index contributed by atoms with van der Waals surface area (Å²) in [6.45, 7) is 1.89. The number of ether oxygens (including phenoxy) is 1. The average Bonchev–Trinajstić information content (AvgIpc) is 3.10. The van der Waals surface area contributed by atoms with Gasteiger partial charge in [-0.1, -0.05) is 71.8 Å². The van der Waals surface area contributed by atoms with Crippen LogP contribution in [0.3, 0.4) is 0 Å². The molecule has 1 aliphatic rings. The summed E-state index contributed by atoms with van der Waals surface area (Å²) >= 11 is 13.3. The highest BCUT2D eigenvalue weighted by Crippen LogP contribution is 2.33. The van der Waals surface area contributed by atoms with Crippen LogP contribution in [0.25, 0.3) is 6.08 Å². The van der Waals surface area contributed by atoms with Gasteiger partial charge in [0.15, 0.2) is 4.80 Å². The first-order chi connectivity index (χ1) is 15.3. The SMILES string of the molecule is CCC1=C(C(=O)OC)[C@H](c2ccccc2)n2c(s/c(=C\c3cc(Cl)cc(Cl)c3O)c2=O)=N1. The zero-order valence-electron chi connectivity index (χ0n) is 17.1. The number of halogens is 2. The second-order valence-electron chi connectivity index (χ2n) is 7.02. The average molecular weight is 489 g/mol. The molecule has 0 saturated heterocycles. The van der Waals surface area contributed by atoms with Gasteiger partial charge in [-0.3, -0.25) is 9.36 Å². The highest BCUT2D eigenvalue weighted by molar-refractivity contribution is 7.07. The lowest BCUT2D eigenvalue weighted by Gasteiger charge is -2.25. The molecule has 0 amide bonds. The number of aromatic hydroxyl groups is 1. The molecule has 32 heavy (non-hydrogen) atoms. The number of thiazole rings is 1. The van der Waals surface area contributed by atoms with Crippen molar-refractivity contribution in [1.29, 1.82) is 0 Å². The fourth-order valence-electron chi connectivity index (χ4n) is 3.65. The maximum Gasteiger partial charge on any atom is 0.338 e. The van der Waals surface area contributed by atoms with Crippen LogP contribution < -0.4 is 14.9 Å². The summed E-state index contributed by atoms with van der Waals surface area (Å²) in [6.07, 6.45) is 2.01. The summed E-state index contributed by atoms with van der Waals surface area (Å²) in [4.78, 5) is 31.3. The molecule has 0 radical (unpaired) electrons. The van der Waals surface area contributed by atoms with Gasteiger partial charge in [-0.25, -0.2) is 9.79 Å². The third kappa shape index (κ3) is 3.88. The standard InChI is InChI=1S/C23H18Cl2N2O4S/c1-3-16-18(22(30)31-2)19(12-7-5-4-6-8-12)27-21(29)17(32-23(27)26-16)10-13-9-14(24)11-15(25)20(13)28/h4-11,19,28H,3H2,1-2H3/b17-10-/t19-/m0/s1. The van der Waals surface area contributed by atoms with Gasteiger partial charge in [0.25, 0.3) is 5.56 Å². The number of hydrogen-bond donors (Lipinski definition) is 1. The molecule has 6 nitrogen and oxygen atoms in total. The quantitative estimate of drug-likeness (QED) is 0.566. The van der Waals surface area contributed by atoms with Crippen molar-refractivity contribution in [2.75, 3.05) is 7.11 Å².